The average Bonchev–Trinajstić information content (AvgIpc) is 3.44. The maximum Gasteiger partial charge on any atom is 0.323 e. The number of anilines is 2. The Labute approximate surface area is 269 Å². The zero-order valence-electron chi connectivity index (χ0n) is 26.0. The summed E-state index contributed by atoms with van der Waals surface area (Å²) in [5.41, 5.74) is 3.66. The van der Waals surface area contributed by atoms with Crippen molar-refractivity contribution in [3.8, 4) is 11.3 Å². The first kappa shape index (κ1) is 33.7. The molecule has 0 unspecified atom stereocenters. The predicted octanol–water partition coefficient (Wildman–Crippen LogP) is 7.36. The van der Waals surface area contributed by atoms with Gasteiger partial charge in [0.15, 0.2) is 5.13 Å². The number of benzene rings is 3. The number of carbonyl (C=O) groups is 2. The molecule has 1 heterocycles. The lowest BCUT2D eigenvalue weighted by Gasteiger charge is -2.26. The monoisotopic (exact) mass is 648 g/mol. The number of carbonyl (C=O) groups excluding carboxylic acids is 2. The molecule has 45 heavy (non-hydrogen) atoms. The molecule has 11 heteroatoms. The minimum absolute atomic E-state index is 0.0835. The molecule has 1 aromatic heterocycles. The molecule has 0 aliphatic carbocycles. The van der Waals surface area contributed by atoms with E-state index in [1.807, 2.05) is 62.5 Å². The Bertz CT molecular complexity index is 1610. The van der Waals surface area contributed by atoms with E-state index >= 15 is 0 Å². The van der Waals surface area contributed by atoms with Gasteiger partial charge in [-0.2, -0.15) is 0 Å². The van der Waals surface area contributed by atoms with Crippen LogP contribution in [-0.2, 0) is 19.6 Å². The van der Waals surface area contributed by atoms with E-state index in [2.05, 4.69) is 39.3 Å². The molecular formula is C34H40N4O5S2. The van der Waals surface area contributed by atoms with Crippen molar-refractivity contribution in [2.45, 2.75) is 51.6 Å². The van der Waals surface area contributed by atoms with Crippen LogP contribution in [0.15, 0.2) is 90.3 Å². The van der Waals surface area contributed by atoms with Crippen LogP contribution in [0.2, 0.25) is 0 Å². The topological polar surface area (TPSA) is 118 Å². The number of urea groups is 1. The van der Waals surface area contributed by atoms with Crippen LogP contribution in [0, 0.1) is 0 Å². The van der Waals surface area contributed by atoms with Crippen molar-refractivity contribution in [1.29, 1.82) is 0 Å². The summed E-state index contributed by atoms with van der Waals surface area (Å²) < 4.78 is 30.9. The van der Waals surface area contributed by atoms with E-state index in [0.29, 0.717) is 42.4 Å². The second kappa shape index (κ2) is 15.2. The summed E-state index contributed by atoms with van der Waals surface area (Å²) in [6.45, 7) is 6.33. The molecule has 238 valence electrons. The molecule has 4 rings (SSSR count). The van der Waals surface area contributed by atoms with Crippen LogP contribution in [0.1, 0.15) is 57.1 Å². The molecule has 0 bridgehead atoms. The second-order valence-electron chi connectivity index (χ2n) is 11.8. The SMILES string of the molecule is CC(C)(C)OC(=O)CCCN(CCC(c1ccccc1)c1ccccc1)C(=O)Nc1nc(-c2ccc(NS(C)(=O)=O)cc2)cs1. The lowest BCUT2D eigenvalue weighted by Crippen LogP contribution is -2.37. The fourth-order valence-electron chi connectivity index (χ4n) is 4.86. The Hall–Kier alpha value is -4.22. The molecule has 3 aromatic carbocycles. The Morgan fingerprint density at radius 1 is 0.911 bits per heavy atom. The molecule has 2 N–H and O–H groups in total. The number of thiazole rings is 1. The second-order valence-corrected chi connectivity index (χ2v) is 14.4. The summed E-state index contributed by atoms with van der Waals surface area (Å²) in [5, 5.41) is 5.21. The number of hydrogen-bond donors (Lipinski definition) is 2. The molecule has 2 amide bonds. The van der Waals surface area contributed by atoms with E-state index in [-0.39, 0.29) is 24.3 Å². The van der Waals surface area contributed by atoms with Crippen LogP contribution in [0.25, 0.3) is 11.3 Å². The third-order valence-corrected chi connectivity index (χ3v) is 8.17. The van der Waals surface area contributed by atoms with Gasteiger partial charge in [0.05, 0.1) is 11.9 Å². The molecule has 4 aromatic rings. The van der Waals surface area contributed by atoms with Gasteiger partial charge in [-0.1, -0.05) is 72.8 Å². The molecule has 9 nitrogen and oxygen atoms in total. The maximum atomic E-state index is 13.6. The number of rotatable bonds is 13. The van der Waals surface area contributed by atoms with Gasteiger partial charge in [-0.15, -0.1) is 11.3 Å². The van der Waals surface area contributed by atoms with Crippen LogP contribution < -0.4 is 10.0 Å². The summed E-state index contributed by atoms with van der Waals surface area (Å²) in [7, 11) is -3.38. The summed E-state index contributed by atoms with van der Waals surface area (Å²) in [6.07, 6.45) is 2.44. The highest BCUT2D eigenvalue weighted by molar-refractivity contribution is 7.92. The van der Waals surface area contributed by atoms with Crippen molar-refractivity contribution in [3.63, 3.8) is 0 Å². The summed E-state index contributed by atoms with van der Waals surface area (Å²) in [6, 6.07) is 27.0. The minimum Gasteiger partial charge on any atom is -0.460 e. The number of nitrogens with one attached hydrogen (secondary N) is 2. The van der Waals surface area contributed by atoms with Crippen molar-refractivity contribution in [1.82, 2.24) is 9.88 Å². The van der Waals surface area contributed by atoms with Crippen molar-refractivity contribution >= 4 is 44.2 Å². The third kappa shape index (κ3) is 11.0. The van der Waals surface area contributed by atoms with Crippen molar-refractivity contribution < 1.29 is 22.7 Å². The zero-order valence-corrected chi connectivity index (χ0v) is 27.7. The highest BCUT2D eigenvalue weighted by Crippen LogP contribution is 2.29. The third-order valence-electron chi connectivity index (χ3n) is 6.81. The highest BCUT2D eigenvalue weighted by Gasteiger charge is 2.22. The molecule has 0 fully saturated rings. The normalized spacial score (nSPS) is 11.7. The number of hydrogen-bond acceptors (Lipinski definition) is 7. The number of sulfonamides is 1. The van der Waals surface area contributed by atoms with Crippen molar-refractivity contribution in [2.75, 3.05) is 29.4 Å². The lowest BCUT2D eigenvalue weighted by molar-refractivity contribution is -0.154. The minimum atomic E-state index is -3.38. The predicted molar refractivity (Wildman–Crippen MR) is 181 cm³/mol. The molecule has 0 saturated carbocycles. The molecule has 0 atom stereocenters. The van der Waals surface area contributed by atoms with E-state index in [1.165, 1.54) is 22.5 Å². The van der Waals surface area contributed by atoms with Crippen LogP contribution in [-0.4, -0.2) is 55.2 Å². The molecular weight excluding hydrogens is 609 g/mol. The first-order valence-corrected chi connectivity index (χ1v) is 17.5. The first-order valence-electron chi connectivity index (χ1n) is 14.8. The smallest absolute Gasteiger partial charge is 0.323 e. The maximum absolute atomic E-state index is 13.6. The summed E-state index contributed by atoms with van der Waals surface area (Å²) >= 11 is 1.30. The zero-order chi connectivity index (χ0) is 32.5. The van der Waals surface area contributed by atoms with Gasteiger partial charge in [0.2, 0.25) is 10.0 Å². The van der Waals surface area contributed by atoms with E-state index in [4.69, 9.17) is 4.74 Å². The van der Waals surface area contributed by atoms with Crippen molar-refractivity contribution in [2.24, 2.45) is 0 Å². The molecule has 0 aliphatic rings. The number of ether oxygens (including phenoxy) is 1. The van der Waals surface area contributed by atoms with E-state index in [9.17, 15) is 18.0 Å². The van der Waals surface area contributed by atoms with Gasteiger partial charge in [-0.3, -0.25) is 14.8 Å². The lowest BCUT2D eigenvalue weighted by atomic mass is 9.88. The van der Waals surface area contributed by atoms with Gasteiger partial charge >= 0.3 is 12.0 Å². The van der Waals surface area contributed by atoms with Crippen molar-refractivity contribution in [3.05, 3.63) is 101 Å². The summed E-state index contributed by atoms with van der Waals surface area (Å²) in [5.74, 6) is -0.211. The Kier molecular flexibility index (Phi) is 11.4. The standard InChI is InChI=1S/C34H40N4O5S2/c1-34(2,3)43-31(39)16-11-22-38(23-21-29(25-12-7-5-8-13-25)26-14-9-6-10-15-26)33(40)36-32-35-30(24-44-32)27-17-19-28(20-18-27)37-45(4,41)42/h5-10,12-15,17-20,24,29,37H,11,16,21-23H2,1-4H3,(H,35,36,40). The van der Waals surface area contributed by atoms with Crippen LogP contribution >= 0.6 is 11.3 Å². The Balaban J connectivity index is 1.47. The Morgan fingerprint density at radius 3 is 2.07 bits per heavy atom. The average molecular weight is 649 g/mol. The molecule has 0 saturated heterocycles. The number of nitrogens with zero attached hydrogens (tertiary/aromatic N) is 2. The van der Waals surface area contributed by atoms with E-state index < -0.39 is 15.6 Å². The van der Waals surface area contributed by atoms with Crippen LogP contribution in [0.5, 0.6) is 0 Å². The van der Waals surface area contributed by atoms with Gasteiger partial charge in [0.1, 0.15) is 5.60 Å². The number of esters is 1. The van der Waals surface area contributed by atoms with Gasteiger partial charge in [-0.25, -0.2) is 18.2 Å². The van der Waals surface area contributed by atoms with Crippen LogP contribution in [0.4, 0.5) is 15.6 Å². The van der Waals surface area contributed by atoms with Gasteiger partial charge in [-0.05, 0) is 56.9 Å². The molecule has 0 aliphatic heterocycles. The van der Waals surface area contributed by atoms with Gasteiger partial charge < -0.3 is 9.64 Å². The first-order chi connectivity index (χ1) is 21.4. The fraction of sp³-hybridized carbons (Fsp3) is 0.324. The van der Waals surface area contributed by atoms with Crippen LogP contribution in [0.3, 0.4) is 0 Å². The van der Waals surface area contributed by atoms with Gasteiger partial charge in [0.25, 0.3) is 0 Å². The summed E-state index contributed by atoms with van der Waals surface area (Å²) in [4.78, 5) is 32.3. The quantitative estimate of drug-likeness (QED) is 0.146. The molecule has 0 spiro atoms. The number of amides is 2. The number of aromatic nitrogens is 1. The highest BCUT2D eigenvalue weighted by atomic mass is 32.2. The Morgan fingerprint density at radius 2 is 1.51 bits per heavy atom. The molecule has 0 radical (unpaired) electrons. The van der Waals surface area contributed by atoms with Gasteiger partial charge in [0, 0.05) is 42.1 Å². The van der Waals surface area contributed by atoms with E-state index in [0.717, 1.165) is 11.8 Å². The van der Waals surface area contributed by atoms with E-state index in [1.54, 1.807) is 29.2 Å². The fourth-order valence-corrected chi connectivity index (χ4v) is 6.13. The largest absolute Gasteiger partial charge is 0.460 e.